The molecule has 0 amide bonds. The molecule has 2 heteroatoms. The molecule has 0 fully saturated rings. The lowest BCUT2D eigenvalue weighted by molar-refractivity contribution is -0.660. The van der Waals surface area contributed by atoms with Gasteiger partial charge in [0, 0.05) is 33.4 Å². The molecule has 6 rings (SSSR count). The van der Waals surface area contributed by atoms with E-state index in [1.54, 1.807) is 50.6 Å². The summed E-state index contributed by atoms with van der Waals surface area (Å²) in [6.07, 6.45) is -0.307. The van der Waals surface area contributed by atoms with E-state index < -0.39 is 25.5 Å². The summed E-state index contributed by atoms with van der Waals surface area (Å²) in [5, 5.41) is 1.85. The van der Waals surface area contributed by atoms with Crippen molar-refractivity contribution in [1.82, 2.24) is 0 Å². The Hall–Kier alpha value is -4.17. The summed E-state index contributed by atoms with van der Waals surface area (Å²) in [6, 6.07) is 26.4. The molecule has 6 aromatic rings. The summed E-state index contributed by atoms with van der Waals surface area (Å²) < 4.78 is 76.5. The van der Waals surface area contributed by atoms with Crippen molar-refractivity contribution in [2.24, 2.45) is 12.5 Å². The van der Waals surface area contributed by atoms with Crippen molar-refractivity contribution in [2.75, 3.05) is 0 Å². The Bertz CT molecular complexity index is 2190. The van der Waals surface area contributed by atoms with Gasteiger partial charge in [0.15, 0.2) is 6.20 Å². The smallest absolute Gasteiger partial charge is 0.216 e. The third kappa shape index (κ3) is 4.73. The van der Waals surface area contributed by atoms with Crippen LogP contribution in [0, 0.1) is 26.0 Å². The monoisotopic (exact) mass is 532 g/mol. The molecule has 0 N–H and O–H groups in total. The van der Waals surface area contributed by atoms with Crippen LogP contribution in [0.2, 0.25) is 0 Å². The second-order valence-electron chi connectivity index (χ2n) is 11.5. The van der Waals surface area contributed by atoms with E-state index in [0.717, 1.165) is 33.0 Å². The first-order valence-electron chi connectivity index (χ1n) is 17.5. The Kier molecular flexibility index (Phi) is 4.46. The summed E-state index contributed by atoms with van der Waals surface area (Å²) in [5.74, 6) is 0. The first-order valence-corrected chi connectivity index (χ1v) is 13.5. The second kappa shape index (κ2) is 9.78. The number of aromatic nitrogens is 1. The predicted octanol–water partition coefficient (Wildman–Crippen LogP) is 9.93. The van der Waals surface area contributed by atoms with Gasteiger partial charge < -0.3 is 4.42 Å². The number of hydrogen-bond acceptors (Lipinski definition) is 1. The molecule has 0 saturated heterocycles. The van der Waals surface area contributed by atoms with Crippen molar-refractivity contribution < 1.29 is 20.0 Å². The van der Waals surface area contributed by atoms with E-state index in [4.69, 9.17) is 15.4 Å². The maximum Gasteiger partial charge on any atom is 0.216 e. The highest BCUT2D eigenvalue weighted by Gasteiger charge is 2.23. The molecule has 0 unspecified atom stereocenters. The van der Waals surface area contributed by atoms with Gasteiger partial charge in [0.1, 0.15) is 18.2 Å². The molecule has 200 valence electrons. The van der Waals surface area contributed by atoms with E-state index in [2.05, 4.69) is 6.07 Å². The highest BCUT2D eigenvalue weighted by Crippen LogP contribution is 2.40. The Labute approximate surface area is 249 Å². The van der Waals surface area contributed by atoms with Gasteiger partial charge in [-0.05, 0) is 83.5 Å². The molecule has 0 radical (unpaired) electrons. The van der Waals surface area contributed by atoms with Crippen LogP contribution in [-0.4, -0.2) is 0 Å². The number of aryl methyl sites for hydroxylation is 4. The topological polar surface area (TPSA) is 17.0 Å². The van der Waals surface area contributed by atoms with Crippen LogP contribution in [0.4, 0.5) is 0 Å². The third-order valence-electron chi connectivity index (χ3n) is 7.32. The van der Waals surface area contributed by atoms with Gasteiger partial charge in [0.2, 0.25) is 5.69 Å². The maximum atomic E-state index is 8.80. The fraction of sp³-hybridized carbons (Fsp3) is 0.237. The summed E-state index contributed by atoms with van der Waals surface area (Å²) in [5.41, 5.74) is 5.52. The van der Waals surface area contributed by atoms with E-state index in [1.165, 1.54) is 12.3 Å². The number of furan rings is 1. The van der Waals surface area contributed by atoms with E-state index in [1.807, 2.05) is 61.5 Å². The molecule has 0 saturated carbocycles. The normalized spacial score (nSPS) is 15.9. The number of pyridine rings is 1. The molecule has 0 atom stereocenters. The van der Waals surface area contributed by atoms with Crippen molar-refractivity contribution in [2.45, 2.75) is 47.8 Å². The minimum atomic E-state index is -2.64. The van der Waals surface area contributed by atoms with Gasteiger partial charge >= 0.3 is 0 Å². The SMILES string of the molecule is [2H]C([2H])([2H])c1cc(C([2H])([2H])C(C)(C)C)ccc1-c1cc(-c2c(C)ccc3c2oc2cc(-c4ccccc4)ccc23)[n+](C)cc1C([2H])([2H])[2H]. The van der Waals surface area contributed by atoms with Crippen molar-refractivity contribution in [1.29, 1.82) is 0 Å². The average molecular weight is 533 g/mol. The number of benzene rings is 4. The summed E-state index contributed by atoms with van der Waals surface area (Å²) in [7, 11) is 1.77. The van der Waals surface area contributed by atoms with Gasteiger partial charge in [-0.3, -0.25) is 0 Å². The zero-order chi connectivity index (χ0) is 35.0. The van der Waals surface area contributed by atoms with E-state index in [9.17, 15) is 0 Å². The number of fused-ring (bicyclic) bond motifs is 3. The summed E-state index contributed by atoms with van der Waals surface area (Å²) >= 11 is 0. The molecule has 0 aliphatic heterocycles. The molecule has 0 aliphatic carbocycles. The predicted molar refractivity (Wildman–Crippen MR) is 169 cm³/mol. The van der Waals surface area contributed by atoms with Crippen LogP contribution in [0.3, 0.4) is 0 Å². The van der Waals surface area contributed by atoms with Crippen LogP contribution >= 0.6 is 0 Å². The average Bonchev–Trinajstić information content (AvgIpc) is 3.37. The Balaban J connectivity index is 1.63. The molecule has 0 spiro atoms. The van der Waals surface area contributed by atoms with Crippen LogP contribution in [0.25, 0.3) is 55.4 Å². The van der Waals surface area contributed by atoms with E-state index in [-0.39, 0.29) is 27.8 Å². The highest BCUT2D eigenvalue weighted by molar-refractivity contribution is 6.10. The molecule has 0 aliphatic rings. The van der Waals surface area contributed by atoms with Crippen LogP contribution in [0.5, 0.6) is 0 Å². The minimum absolute atomic E-state index is 0.00670. The molecule has 2 heterocycles. The molecule has 40 heavy (non-hydrogen) atoms. The number of rotatable bonds is 4. The quantitative estimate of drug-likeness (QED) is 0.206. The minimum Gasteiger partial charge on any atom is -0.455 e. The van der Waals surface area contributed by atoms with Crippen molar-refractivity contribution in [3.8, 4) is 33.5 Å². The lowest BCUT2D eigenvalue weighted by atomic mass is 9.86. The fourth-order valence-electron chi connectivity index (χ4n) is 5.48. The highest BCUT2D eigenvalue weighted by atomic mass is 16.3. The zero-order valence-corrected chi connectivity index (χ0v) is 23.5. The summed E-state index contributed by atoms with van der Waals surface area (Å²) in [4.78, 5) is 0. The lowest BCUT2D eigenvalue weighted by Gasteiger charge is -2.19. The maximum absolute atomic E-state index is 8.80. The van der Waals surface area contributed by atoms with E-state index >= 15 is 0 Å². The van der Waals surface area contributed by atoms with Crippen molar-refractivity contribution in [3.63, 3.8) is 0 Å². The molecule has 2 nitrogen and oxygen atoms in total. The van der Waals surface area contributed by atoms with Crippen LogP contribution in [0.1, 0.15) is 54.0 Å². The molecule has 0 bridgehead atoms. The third-order valence-corrected chi connectivity index (χ3v) is 7.32. The first kappa shape index (κ1) is 18.2. The zero-order valence-electron chi connectivity index (χ0n) is 31.5. The lowest BCUT2D eigenvalue weighted by Crippen LogP contribution is -2.31. The van der Waals surface area contributed by atoms with E-state index in [0.29, 0.717) is 16.9 Å². The Morgan fingerprint density at radius 3 is 2.30 bits per heavy atom. The fourth-order valence-corrected chi connectivity index (χ4v) is 5.48. The Morgan fingerprint density at radius 2 is 1.55 bits per heavy atom. The van der Waals surface area contributed by atoms with Gasteiger partial charge in [-0.25, -0.2) is 4.57 Å². The first-order chi connectivity index (χ1) is 22.3. The molecular formula is C38H38NO+. The van der Waals surface area contributed by atoms with Crippen LogP contribution in [0.15, 0.2) is 95.5 Å². The number of hydrogen-bond donors (Lipinski definition) is 0. The summed E-state index contributed by atoms with van der Waals surface area (Å²) in [6.45, 7) is 2.03. The standard InChI is InChI=1S/C38H38NO/c1-24-13-16-32-31-18-15-29(28-11-9-8-10-12-28)20-35(31)40-37(32)36(24)34-21-33(26(3)23-39(34)7)30-17-14-27(19-25(30)2)22-38(4,5)6/h8-21,23H,22H2,1-7H3/q+1/i2D3,3D3,22D2. The largest absolute Gasteiger partial charge is 0.455 e. The molecule has 2 aromatic heterocycles. The van der Waals surface area contributed by atoms with Gasteiger partial charge in [0.05, 0.1) is 5.56 Å². The van der Waals surface area contributed by atoms with Crippen LogP contribution < -0.4 is 4.57 Å². The Morgan fingerprint density at radius 1 is 0.775 bits per heavy atom. The van der Waals surface area contributed by atoms with Crippen LogP contribution in [-0.2, 0) is 13.4 Å². The van der Waals surface area contributed by atoms with Gasteiger partial charge in [-0.2, -0.15) is 0 Å². The van der Waals surface area contributed by atoms with Gasteiger partial charge in [0.25, 0.3) is 0 Å². The van der Waals surface area contributed by atoms with Crippen molar-refractivity contribution in [3.05, 3.63) is 113 Å². The molecule has 4 aromatic carbocycles. The van der Waals surface area contributed by atoms with Gasteiger partial charge in [-0.1, -0.05) is 87.5 Å². The van der Waals surface area contributed by atoms with Crippen molar-refractivity contribution >= 4 is 21.9 Å². The number of nitrogens with zero attached hydrogens (tertiary/aromatic N) is 1. The second-order valence-corrected chi connectivity index (χ2v) is 11.5. The molecular weight excluding hydrogens is 486 g/mol. The van der Waals surface area contributed by atoms with Gasteiger partial charge in [-0.15, -0.1) is 0 Å².